The molecule has 0 unspecified atom stereocenters. The fourth-order valence-electron chi connectivity index (χ4n) is 8.18. The predicted octanol–water partition coefficient (Wildman–Crippen LogP) is 1.55. The minimum atomic E-state index is -1.91. The van der Waals surface area contributed by atoms with E-state index < -0.39 is 139 Å². The molecule has 0 spiro atoms. The number of nitrogens with two attached hydrogens (primary N) is 1. The van der Waals surface area contributed by atoms with Gasteiger partial charge in [0, 0.05) is 61.3 Å². The lowest BCUT2D eigenvalue weighted by molar-refractivity contribution is -0.141. The van der Waals surface area contributed by atoms with Gasteiger partial charge in [0.2, 0.25) is 35.4 Å². The lowest BCUT2D eigenvalue weighted by atomic mass is 9.82. The van der Waals surface area contributed by atoms with Crippen LogP contribution in [0, 0.1) is 17.0 Å². The summed E-state index contributed by atoms with van der Waals surface area (Å²) in [7, 11) is 0. The second-order valence-corrected chi connectivity index (χ2v) is 18.6. The molecule has 0 radical (unpaired) electrons. The van der Waals surface area contributed by atoms with Gasteiger partial charge in [-0.3, -0.25) is 48.1 Å². The summed E-state index contributed by atoms with van der Waals surface area (Å²) in [4.78, 5) is 131. The highest BCUT2D eigenvalue weighted by Crippen LogP contribution is 2.41. The SMILES string of the molecule is CC(C)(C)[C@H](c1cc(-c2cc(F)ccc2F)cn1Cc1ccccc1)N(CC[C@H](NC(=O)[C@H](CC(N)=O)NC(=O)[C@H](CC(=O)O)NC(=O)OCc1ccccc1)C(=O)NCCNC(=O)CN1C(=O)C=CC1=O)C(=O)CO. The number of imide groups is 1. The molecule has 0 fully saturated rings. The number of alkyl carbamates (subject to hydrolysis) is 1. The van der Waals surface area contributed by atoms with Crippen LogP contribution in [0.3, 0.4) is 0 Å². The summed E-state index contributed by atoms with van der Waals surface area (Å²) >= 11 is 0. The first kappa shape index (κ1) is 58.1. The number of carboxylic acids is 1. The van der Waals surface area contributed by atoms with Crippen molar-refractivity contribution in [1.29, 1.82) is 0 Å². The van der Waals surface area contributed by atoms with Gasteiger partial charge in [0.15, 0.2) is 0 Å². The number of nitrogens with zero attached hydrogens (tertiary/aromatic N) is 3. The Labute approximate surface area is 435 Å². The Bertz CT molecular complexity index is 2800. The Kier molecular flexibility index (Phi) is 20.6. The van der Waals surface area contributed by atoms with Crippen LogP contribution < -0.4 is 32.3 Å². The van der Waals surface area contributed by atoms with E-state index in [0.717, 1.165) is 35.9 Å². The third kappa shape index (κ3) is 16.9. The summed E-state index contributed by atoms with van der Waals surface area (Å²) in [5, 5.41) is 31.8. The number of aliphatic carboxylic acids is 1. The zero-order valence-electron chi connectivity index (χ0n) is 41.8. The highest BCUT2D eigenvalue weighted by molar-refractivity contribution is 6.14. The molecule has 9 amide bonds. The number of primary amides is 1. The van der Waals surface area contributed by atoms with Crippen molar-refractivity contribution in [3.05, 3.63) is 132 Å². The van der Waals surface area contributed by atoms with Crippen molar-refractivity contribution in [3.63, 3.8) is 0 Å². The Hall–Kier alpha value is -8.80. The third-order valence-corrected chi connectivity index (χ3v) is 11.7. The number of benzene rings is 3. The number of aliphatic hydroxyl groups is 1. The van der Waals surface area contributed by atoms with E-state index in [-0.39, 0.29) is 37.4 Å². The van der Waals surface area contributed by atoms with Gasteiger partial charge in [-0.1, -0.05) is 81.4 Å². The summed E-state index contributed by atoms with van der Waals surface area (Å²) in [6.45, 7) is 2.54. The van der Waals surface area contributed by atoms with Crippen molar-refractivity contribution >= 4 is 59.3 Å². The molecule has 0 aliphatic carbocycles. The van der Waals surface area contributed by atoms with Crippen LogP contribution in [0.2, 0.25) is 0 Å². The Balaban J connectivity index is 1.45. The number of rotatable bonds is 26. The largest absolute Gasteiger partial charge is 0.481 e. The van der Waals surface area contributed by atoms with Crippen molar-refractivity contribution in [2.75, 3.05) is 32.8 Å². The molecule has 9 N–H and O–H groups in total. The summed E-state index contributed by atoms with van der Waals surface area (Å²) < 4.78 is 36.9. The topological polar surface area (TPSA) is 318 Å². The molecule has 1 aliphatic heterocycles. The first-order valence-corrected chi connectivity index (χ1v) is 23.8. The number of hydrogen-bond donors (Lipinski definition) is 8. The molecule has 1 aromatic heterocycles. The highest BCUT2D eigenvalue weighted by Gasteiger charge is 2.39. The van der Waals surface area contributed by atoms with Gasteiger partial charge in [0.05, 0.1) is 18.9 Å². The summed E-state index contributed by atoms with van der Waals surface area (Å²) in [6.07, 6.45) is -0.0293. The smallest absolute Gasteiger partial charge is 0.408 e. The Morgan fingerprint density at radius 1 is 0.750 bits per heavy atom. The van der Waals surface area contributed by atoms with E-state index in [2.05, 4.69) is 26.6 Å². The zero-order chi connectivity index (χ0) is 55.7. The second-order valence-electron chi connectivity index (χ2n) is 18.6. The number of nitrogens with one attached hydrogen (secondary N) is 5. The van der Waals surface area contributed by atoms with E-state index >= 15 is 4.39 Å². The van der Waals surface area contributed by atoms with Gasteiger partial charge >= 0.3 is 12.1 Å². The minimum Gasteiger partial charge on any atom is -0.481 e. The maximum atomic E-state index is 15.4. The van der Waals surface area contributed by atoms with Crippen LogP contribution in [-0.4, -0.2) is 135 Å². The standard InChI is InChI=1S/C52H59F2N9O13/c1-52(2,3)47(40-22-33(35-23-34(53)14-15-36(35)54)27-61(40)26-31-10-6-4-7-11-31)62(45(69)29-64)21-18-37(48(72)57-20-19-56-42(66)28-63-43(67)16-17-44(63)68)58-49(73)38(24-41(55)65)59-50(74)39(25-46(70)71)60-51(75)76-30-32-12-8-5-9-13-32/h4-17,22-23,27,37-39,47,64H,18-21,24-26,28-30H2,1-3H3,(H2,55,65)(H,56,66)(H,57,72)(H,58,73)(H,59,74)(H,60,75)(H,70,71)/t37-,38-,39-,47-/m0/s1. The number of carbonyl (C=O) groups excluding carboxylic acids is 9. The van der Waals surface area contributed by atoms with E-state index in [4.69, 9.17) is 10.5 Å². The van der Waals surface area contributed by atoms with Crippen LogP contribution in [-0.2, 0) is 61.0 Å². The average molecular weight is 1060 g/mol. The minimum absolute atomic E-state index is 0.0860. The van der Waals surface area contributed by atoms with Crippen molar-refractivity contribution in [1.82, 2.24) is 41.0 Å². The number of hydrogen-bond acceptors (Lipinski definition) is 12. The maximum absolute atomic E-state index is 15.4. The average Bonchev–Trinajstić information content (AvgIpc) is 3.92. The fourth-order valence-corrected chi connectivity index (χ4v) is 8.18. The molecule has 24 heteroatoms. The number of carboxylic acid groups (broad SMARTS) is 1. The van der Waals surface area contributed by atoms with Crippen molar-refractivity contribution in [3.8, 4) is 11.1 Å². The van der Waals surface area contributed by atoms with Crippen molar-refractivity contribution < 1.29 is 71.7 Å². The van der Waals surface area contributed by atoms with E-state index in [1.54, 1.807) is 86.1 Å². The highest BCUT2D eigenvalue weighted by atomic mass is 19.1. The van der Waals surface area contributed by atoms with Gasteiger partial charge in [-0.15, -0.1) is 0 Å². The Morgan fingerprint density at radius 3 is 1.93 bits per heavy atom. The summed E-state index contributed by atoms with van der Waals surface area (Å²) in [6, 6.07) is 15.5. The first-order valence-electron chi connectivity index (χ1n) is 23.8. The number of carbonyl (C=O) groups is 10. The van der Waals surface area contributed by atoms with Gasteiger partial charge in [-0.2, -0.15) is 0 Å². The molecule has 0 saturated heterocycles. The van der Waals surface area contributed by atoms with Crippen molar-refractivity contribution in [2.24, 2.45) is 11.1 Å². The van der Waals surface area contributed by atoms with E-state index in [0.29, 0.717) is 16.2 Å². The molecule has 22 nitrogen and oxygen atoms in total. The van der Waals surface area contributed by atoms with E-state index in [1.807, 2.05) is 12.1 Å². The fraction of sp³-hybridized carbons (Fsp3) is 0.346. The molecule has 3 aromatic carbocycles. The van der Waals surface area contributed by atoms with Gasteiger partial charge in [0.1, 0.15) is 49.5 Å². The maximum Gasteiger partial charge on any atom is 0.408 e. The van der Waals surface area contributed by atoms with Crippen molar-refractivity contribution in [2.45, 2.75) is 77.4 Å². The molecule has 76 heavy (non-hydrogen) atoms. The van der Waals surface area contributed by atoms with Gasteiger partial charge in [-0.05, 0) is 47.2 Å². The Morgan fingerprint density at radius 2 is 1.34 bits per heavy atom. The van der Waals surface area contributed by atoms with Crippen LogP contribution in [0.15, 0.2) is 103 Å². The molecule has 404 valence electrons. The first-order chi connectivity index (χ1) is 36.0. The quantitative estimate of drug-likeness (QED) is 0.0328. The lowest BCUT2D eigenvalue weighted by Gasteiger charge is -2.41. The molecular formula is C52H59F2N9O13. The van der Waals surface area contributed by atoms with Crippen LogP contribution >= 0.6 is 0 Å². The zero-order valence-corrected chi connectivity index (χ0v) is 41.8. The van der Waals surface area contributed by atoms with Gasteiger partial charge in [-0.25, -0.2) is 13.6 Å². The normalized spacial score (nSPS) is 13.7. The summed E-state index contributed by atoms with van der Waals surface area (Å²) in [5.74, 6) is -10.6. The molecule has 4 atom stereocenters. The summed E-state index contributed by atoms with van der Waals surface area (Å²) in [5.41, 5.74) is 6.44. The predicted molar refractivity (Wildman–Crippen MR) is 266 cm³/mol. The van der Waals surface area contributed by atoms with Gasteiger partial charge < -0.3 is 56.7 Å². The van der Waals surface area contributed by atoms with Crippen LogP contribution in [0.4, 0.5) is 13.6 Å². The van der Waals surface area contributed by atoms with E-state index in [9.17, 15) is 62.5 Å². The number of halogens is 2. The van der Waals surface area contributed by atoms with Crippen LogP contribution in [0.25, 0.3) is 11.1 Å². The third-order valence-electron chi connectivity index (χ3n) is 11.7. The van der Waals surface area contributed by atoms with Gasteiger partial charge in [0.25, 0.3) is 11.8 Å². The number of aromatic nitrogens is 1. The van der Waals surface area contributed by atoms with Crippen LogP contribution in [0.1, 0.15) is 62.9 Å². The molecule has 1 aliphatic rings. The number of ether oxygens (including phenoxy) is 1. The molecule has 4 aromatic rings. The molecule has 2 heterocycles. The lowest BCUT2D eigenvalue weighted by Crippen LogP contribution is -2.58. The molecule has 0 saturated carbocycles. The monoisotopic (exact) mass is 1060 g/mol. The second kappa shape index (κ2) is 26.9. The number of aliphatic hydroxyl groups excluding tert-OH is 1. The molecule has 0 bridgehead atoms. The molecular weight excluding hydrogens is 997 g/mol. The number of amides is 9. The van der Waals surface area contributed by atoms with Crippen LogP contribution in [0.5, 0.6) is 0 Å². The van der Waals surface area contributed by atoms with E-state index in [1.165, 1.54) is 4.90 Å². The molecule has 5 rings (SSSR count).